The van der Waals surface area contributed by atoms with Crippen LogP contribution in [0.5, 0.6) is 0 Å². The molecule has 8 nitrogen and oxygen atoms in total. The third-order valence-corrected chi connectivity index (χ3v) is 6.42. The van der Waals surface area contributed by atoms with Crippen LogP contribution in [-0.2, 0) is 4.79 Å². The smallest absolute Gasteiger partial charge is 0.260 e. The van der Waals surface area contributed by atoms with Gasteiger partial charge in [-0.05, 0) is 36.2 Å². The Hall–Kier alpha value is -3.62. The van der Waals surface area contributed by atoms with Gasteiger partial charge in [0.15, 0.2) is 0 Å². The van der Waals surface area contributed by atoms with Crippen molar-refractivity contribution in [3.63, 3.8) is 0 Å². The molecule has 0 spiro atoms. The van der Waals surface area contributed by atoms with Crippen molar-refractivity contribution in [1.29, 1.82) is 0 Å². The first kappa shape index (κ1) is 22.2. The lowest BCUT2D eigenvalue weighted by molar-refractivity contribution is -0.110. The number of nitrogens with zero attached hydrogens (tertiary/aromatic N) is 4. The van der Waals surface area contributed by atoms with E-state index in [1.807, 2.05) is 44.4 Å². The summed E-state index contributed by atoms with van der Waals surface area (Å²) in [6, 6.07) is 11.4. The standard InChI is InChI=1S/C25H24ClN5O3/c1-30(2)25-27-11-15(12-28-25)23(33)22-19-9-18(20(26)10-21(19)29-24(22)34)14-3-5-16(6-4-14)31-8-7-17(32)13-31/h3-6,9-12,17,32-33H,7-8,13H2,1-2H3,(H,29,34)/b23-22-. The second kappa shape index (κ2) is 8.62. The molecule has 1 unspecified atom stereocenters. The summed E-state index contributed by atoms with van der Waals surface area (Å²) in [5.41, 5.74) is 4.25. The topological polar surface area (TPSA) is 102 Å². The van der Waals surface area contributed by atoms with Crippen LogP contribution in [-0.4, -0.2) is 59.4 Å². The monoisotopic (exact) mass is 477 g/mol. The van der Waals surface area contributed by atoms with Gasteiger partial charge in [0.05, 0.1) is 28.0 Å². The second-order valence-corrected chi connectivity index (χ2v) is 9.06. The third-order valence-electron chi connectivity index (χ3n) is 6.11. The normalized spacial score (nSPS) is 18.6. The highest BCUT2D eigenvalue weighted by atomic mass is 35.5. The molecule has 1 aromatic heterocycles. The van der Waals surface area contributed by atoms with Crippen molar-refractivity contribution in [2.75, 3.05) is 42.3 Å². The predicted octanol–water partition coefficient (Wildman–Crippen LogP) is 3.81. The number of hydrogen-bond acceptors (Lipinski definition) is 7. The number of nitrogens with one attached hydrogen (secondary N) is 1. The average Bonchev–Trinajstić information content (AvgIpc) is 3.40. The van der Waals surface area contributed by atoms with Crippen LogP contribution in [0.1, 0.15) is 17.5 Å². The van der Waals surface area contributed by atoms with E-state index < -0.39 is 5.91 Å². The minimum absolute atomic E-state index is 0.150. The van der Waals surface area contributed by atoms with E-state index in [1.165, 1.54) is 12.4 Å². The van der Waals surface area contributed by atoms with Gasteiger partial charge in [-0.3, -0.25) is 4.79 Å². The Bertz CT molecular complexity index is 1290. The molecule has 174 valence electrons. The zero-order valence-corrected chi connectivity index (χ0v) is 19.5. The number of carbonyl (C=O) groups excluding carboxylic acids is 1. The van der Waals surface area contributed by atoms with Crippen molar-refractivity contribution in [2.45, 2.75) is 12.5 Å². The number of aliphatic hydroxyl groups excluding tert-OH is 2. The van der Waals surface area contributed by atoms with Crippen molar-refractivity contribution in [3.05, 3.63) is 64.9 Å². The Balaban J connectivity index is 1.52. The van der Waals surface area contributed by atoms with Gasteiger partial charge in [-0.1, -0.05) is 23.7 Å². The van der Waals surface area contributed by atoms with E-state index in [0.29, 0.717) is 34.3 Å². The van der Waals surface area contributed by atoms with Crippen molar-refractivity contribution < 1.29 is 15.0 Å². The Kier molecular flexibility index (Phi) is 5.63. The van der Waals surface area contributed by atoms with Crippen molar-refractivity contribution in [2.24, 2.45) is 0 Å². The van der Waals surface area contributed by atoms with Gasteiger partial charge in [0.1, 0.15) is 5.76 Å². The van der Waals surface area contributed by atoms with Crippen LogP contribution in [0.4, 0.5) is 17.3 Å². The molecule has 3 aromatic rings. The number of aromatic nitrogens is 2. The van der Waals surface area contributed by atoms with Crippen LogP contribution in [0.25, 0.3) is 22.5 Å². The lowest BCUT2D eigenvalue weighted by Gasteiger charge is -2.18. The largest absolute Gasteiger partial charge is 0.506 e. The van der Waals surface area contributed by atoms with E-state index in [2.05, 4.69) is 20.2 Å². The van der Waals surface area contributed by atoms with E-state index in [4.69, 9.17) is 11.6 Å². The number of hydrogen-bond donors (Lipinski definition) is 3. The van der Waals surface area contributed by atoms with Crippen LogP contribution in [0.2, 0.25) is 5.02 Å². The molecule has 2 aliphatic rings. The van der Waals surface area contributed by atoms with Gasteiger partial charge in [0.25, 0.3) is 5.91 Å². The fourth-order valence-corrected chi connectivity index (χ4v) is 4.57. The molecule has 5 rings (SSSR count). The number of halogens is 1. The molecule has 2 aromatic carbocycles. The summed E-state index contributed by atoms with van der Waals surface area (Å²) in [5, 5.41) is 24.0. The number of benzene rings is 2. The fraction of sp³-hybridized carbons (Fsp3) is 0.240. The number of fused-ring (bicyclic) bond motifs is 1. The molecule has 0 radical (unpaired) electrons. The Morgan fingerprint density at radius 2 is 1.85 bits per heavy atom. The number of aliphatic hydroxyl groups is 2. The summed E-state index contributed by atoms with van der Waals surface area (Å²) < 4.78 is 0. The number of rotatable bonds is 4. The van der Waals surface area contributed by atoms with Crippen molar-refractivity contribution in [3.8, 4) is 11.1 Å². The summed E-state index contributed by atoms with van der Waals surface area (Å²) >= 11 is 6.57. The van der Waals surface area contributed by atoms with E-state index in [0.717, 1.165) is 29.8 Å². The maximum atomic E-state index is 12.8. The summed E-state index contributed by atoms with van der Waals surface area (Å²) in [4.78, 5) is 25.1. The van der Waals surface area contributed by atoms with Crippen LogP contribution >= 0.6 is 11.6 Å². The maximum Gasteiger partial charge on any atom is 0.260 e. The fourth-order valence-electron chi connectivity index (χ4n) is 4.29. The number of β-amino-alcohol motifs (C(OH)–C–C–N with tert-alkyl or cyclic N) is 1. The van der Waals surface area contributed by atoms with Crippen molar-refractivity contribution in [1.82, 2.24) is 9.97 Å². The number of anilines is 3. The van der Waals surface area contributed by atoms with Gasteiger partial charge >= 0.3 is 0 Å². The summed E-state index contributed by atoms with van der Waals surface area (Å²) in [5.74, 6) is -0.114. The summed E-state index contributed by atoms with van der Waals surface area (Å²) in [7, 11) is 3.64. The lowest BCUT2D eigenvalue weighted by Crippen LogP contribution is -2.20. The first-order valence-electron chi connectivity index (χ1n) is 10.9. The van der Waals surface area contributed by atoms with Gasteiger partial charge < -0.3 is 25.3 Å². The highest BCUT2D eigenvalue weighted by Crippen LogP contribution is 2.42. The van der Waals surface area contributed by atoms with Gasteiger partial charge in [0.2, 0.25) is 5.95 Å². The SMILES string of the molecule is CN(C)c1ncc(/C(O)=C2/C(=O)Nc3cc(Cl)c(-c4ccc(N5CCC(O)C5)cc4)cc32)cn1. The highest BCUT2D eigenvalue weighted by molar-refractivity contribution is 6.38. The van der Waals surface area contributed by atoms with Gasteiger partial charge in [-0.2, -0.15) is 0 Å². The first-order chi connectivity index (χ1) is 16.3. The molecule has 0 aliphatic carbocycles. The molecule has 3 heterocycles. The van der Waals surface area contributed by atoms with Gasteiger partial charge in [-0.25, -0.2) is 9.97 Å². The zero-order chi connectivity index (χ0) is 24.0. The molecule has 2 aliphatic heterocycles. The van der Waals surface area contributed by atoms with Crippen molar-refractivity contribution >= 4 is 46.2 Å². The molecule has 34 heavy (non-hydrogen) atoms. The quantitative estimate of drug-likeness (QED) is 0.388. The number of amides is 1. The first-order valence-corrected chi connectivity index (χ1v) is 11.3. The zero-order valence-electron chi connectivity index (χ0n) is 18.8. The van der Waals surface area contributed by atoms with Crippen LogP contribution in [0.15, 0.2) is 48.8 Å². The molecule has 0 saturated carbocycles. The number of carbonyl (C=O) groups is 1. The molecule has 1 saturated heterocycles. The Morgan fingerprint density at radius 3 is 2.47 bits per heavy atom. The average molecular weight is 478 g/mol. The second-order valence-electron chi connectivity index (χ2n) is 8.66. The third kappa shape index (κ3) is 3.95. The molecule has 9 heteroatoms. The summed E-state index contributed by atoms with van der Waals surface area (Å²) in [6.45, 7) is 1.44. The summed E-state index contributed by atoms with van der Waals surface area (Å²) in [6.07, 6.45) is 3.45. The Labute approximate surface area is 202 Å². The minimum atomic E-state index is -0.416. The van der Waals surface area contributed by atoms with E-state index in [-0.39, 0.29) is 17.4 Å². The molecule has 1 atom stereocenters. The Morgan fingerprint density at radius 1 is 1.15 bits per heavy atom. The molecular weight excluding hydrogens is 454 g/mol. The van der Waals surface area contributed by atoms with E-state index >= 15 is 0 Å². The molecule has 1 fully saturated rings. The molecule has 0 bridgehead atoms. The highest BCUT2D eigenvalue weighted by Gasteiger charge is 2.30. The molecule has 1 amide bonds. The molecular formula is C25H24ClN5O3. The van der Waals surface area contributed by atoms with E-state index in [9.17, 15) is 15.0 Å². The minimum Gasteiger partial charge on any atom is -0.506 e. The van der Waals surface area contributed by atoms with Crippen LogP contribution in [0, 0.1) is 0 Å². The van der Waals surface area contributed by atoms with Crippen LogP contribution in [0.3, 0.4) is 0 Å². The van der Waals surface area contributed by atoms with Crippen LogP contribution < -0.4 is 15.1 Å². The maximum absolute atomic E-state index is 12.8. The van der Waals surface area contributed by atoms with Gasteiger partial charge in [0, 0.05) is 56.4 Å². The van der Waals surface area contributed by atoms with E-state index in [1.54, 1.807) is 11.0 Å². The molecule has 3 N–H and O–H groups in total. The van der Waals surface area contributed by atoms with Gasteiger partial charge in [-0.15, -0.1) is 0 Å². The lowest BCUT2D eigenvalue weighted by atomic mass is 9.97. The predicted molar refractivity (Wildman–Crippen MR) is 134 cm³/mol.